The fraction of sp³-hybridized carbons (Fsp3) is 0.467. The Labute approximate surface area is 128 Å². The van der Waals surface area contributed by atoms with Crippen LogP contribution in [0.2, 0.25) is 0 Å². The number of carbonyl (C=O) groups excluding carboxylic acids is 1. The molecule has 6 heteroatoms. The second-order valence-corrected chi connectivity index (χ2v) is 6.20. The minimum Gasteiger partial charge on any atom is -0.372 e. The highest BCUT2D eigenvalue weighted by atomic mass is 32.1. The van der Waals surface area contributed by atoms with Crippen molar-refractivity contribution in [3.63, 3.8) is 0 Å². The Balaban J connectivity index is 1.66. The Kier molecular flexibility index (Phi) is 4.07. The summed E-state index contributed by atoms with van der Waals surface area (Å²) in [7, 11) is 1.96. The Morgan fingerprint density at radius 3 is 3.05 bits per heavy atom. The largest absolute Gasteiger partial charge is 0.372 e. The van der Waals surface area contributed by atoms with E-state index in [1.165, 1.54) is 0 Å². The van der Waals surface area contributed by atoms with Crippen LogP contribution in [0.4, 0.5) is 0 Å². The third kappa shape index (κ3) is 3.01. The zero-order valence-corrected chi connectivity index (χ0v) is 13.0. The molecule has 2 atom stereocenters. The molecule has 21 heavy (non-hydrogen) atoms. The summed E-state index contributed by atoms with van der Waals surface area (Å²) in [5.41, 5.74) is 2.87. The first-order valence-electron chi connectivity index (χ1n) is 7.06. The molecule has 0 bridgehead atoms. The molecule has 0 spiro atoms. The van der Waals surface area contributed by atoms with E-state index >= 15 is 0 Å². The van der Waals surface area contributed by atoms with E-state index in [2.05, 4.69) is 10.3 Å². The second kappa shape index (κ2) is 5.99. The van der Waals surface area contributed by atoms with Crippen LogP contribution in [0.1, 0.15) is 40.6 Å². The van der Waals surface area contributed by atoms with E-state index in [-0.39, 0.29) is 18.1 Å². The minimum absolute atomic E-state index is 0.000113. The summed E-state index contributed by atoms with van der Waals surface area (Å²) in [6.45, 7) is 2.62. The number of hydrogen-bond acceptors (Lipinski definition) is 4. The number of nitrogens with one attached hydrogen (secondary N) is 1. The molecule has 5 nitrogen and oxygen atoms in total. The molecule has 0 unspecified atom stereocenters. The zero-order valence-electron chi connectivity index (χ0n) is 12.2. The van der Waals surface area contributed by atoms with Gasteiger partial charge < -0.3 is 14.6 Å². The lowest BCUT2D eigenvalue weighted by atomic mass is 10.0. The number of ether oxygens (including phenoxy) is 1. The first-order valence-corrected chi connectivity index (χ1v) is 8.01. The standard InChI is InChI=1S/C15H19N3O2S/c1-10-7-21-8-12(10)15(19)17-11-3-4-20-14(5-11)13-6-16-9-18(13)2/h6-9,11,14H,3-5H2,1-2H3,(H,17,19)/t11-,14+/m1/s1. The van der Waals surface area contributed by atoms with Gasteiger partial charge in [0.05, 0.1) is 23.8 Å². The van der Waals surface area contributed by atoms with Gasteiger partial charge in [0.15, 0.2) is 0 Å². The SMILES string of the molecule is Cc1cscc1C(=O)N[C@@H]1CCO[C@H](c2cncn2C)C1. The molecular formula is C15H19N3O2S. The van der Waals surface area contributed by atoms with Crippen molar-refractivity contribution in [1.29, 1.82) is 0 Å². The van der Waals surface area contributed by atoms with Crippen molar-refractivity contribution in [3.8, 4) is 0 Å². The highest BCUT2D eigenvalue weighted by Gasteiger charge is 2.27. The summed E-state index contributed by atoms with van der Waals surface area (Å²) in [6.07, 6.45) is 5.24. The van der Waals surface area contributed by atoms with Crippen molar-refractivity contribution >= 4 is 17.2 Å². The lowest BCUT2D eigenvalue weighted by Gasteiger charge is -2.30. The number of carbonyl (C=O) groups is 1. The Morgan fingerprint density at radius 2 is 2.38 bits per heavy atom. The van der Waals surface area contributed by atoms with Crippen LogP contribution in [0, 0.1) is 6.92 Å². The Morgan fingerprint density at radius 1 is 1.52 bits per heavy atom. The molecule has 0 radical (unpaired) electrons. The van der Waals surface area contributed by atoms with Gasteiger partial charge in [-0.2, -0.15) is 11.3 Å². The molecule has 112 valence electrons. The summed E-state index contributed by atoms with van der Waals surface area (Å²) in [5, 5.41) is 7.03. The fourth-order valence-electron chi connectivity index (χ4n) is 2.67. The monoisotopic (exact) mass is 305 g/mol. The van der Waals surface area contributed by atoms with Crippen LogP contribution in [0.15, 0.2) is 23.3 Å². The topological polar surface area (TPSA) is 56.1 Å². The van der Waals surface area contributed by atoms with Crippen molar-refractivity contribution in [2.75, 3.05) is 6.61 Å². The summed E-state index contributed by atoms with van der Waals surface area (Å²) < 4.78 is 7.79. The van der Waals surface area contributed by atoms with Crippen LogP contribution in [0.25, 0.3) is 0 Å². The van der Waals surface area contributed by atoms with E-state index in [0.717, 1.165) is 29.7 Å². The first-order chi connectivity index (χ1) is 10.1. The number of rotatable bonds is 3. The Bertz CT molecular complexity index is 634. The average molecular weight is 305 g/mol. The molecule has 1 aliphatic rings. The smallest absolute Gasteiger partial charge is 0.252 e. The van der Waals surface area contributed by atoms with E-state index in [1.54, 1.807) is 17.7 Å². The highest BCUT2D eigenvalue weighted by Crippen LogP contribution is 2.28. The molecule has 2 aromatic rings. The lowest BCUT2D eigenvalue weighted by molar-refractivity contribution is -0.00301. The maximum absolute atomic E-state index is 12.3. The summed E-state index contributed by atoms with van der Waals surface area (Å²) >= 11 is 1.56. The van der Waals surface area contributed by atoms with E-state index in [9.17, 15) is 4.79 Å². The molecule has 0 aromatic carbocycles. The van der Waals surface area contributed by atoms with Gasteiger partial charge in [0, 0.05) is 25.1 Å². The molecule has 1 fully saturated rings. The normalized spacial score (nSPS) is 22.2. The van der Waals surface area contributed by atoms with Crippen LogP contribution in [0.5, 0.6) is 0 Å². The van der Waals surface area contributed by atoms with Gasteiger partial charge in [-0.1, -0.05) is 0 Å². The van der Waals surface area contributed by atoms with Gasteiger partial charge >= 0.3 is 0 Å². The summed E-state index contributed by atoms with van der Waals surface area (Å²) in [4.78, 5) is 16.4. The van der Waals surface area contributed by atoms with Crippen molar-refractivity contribution in [2.24, 2.45) is 7.05 Å². The summed E-state index contributed by atoms with van der Waals surface area (Å²) in [5.74, 6) is 0.0180. The highest BCUT2D eigenvalue weighted by molar-refractivity contribution is 7.08. The van der Waals surface area contributed by atoms with Gasteiger partial charge in [-0.05, 0) is 30.7 Å². The van der Waals surface area contributed by atoms with Crippen LogP contribution in [-0.2, 0) is 11.8 Å². The average Bonchev–Trinajstić information content (AvgIpc) is 3.07. The number of imidazole rings is 1. The maximum Gasteiger partial charge on any atom is 0.252 e. The van der Waals surface area contributed by atoms with Crippen molar-refractivity contribution in [2.45, 2.75) is 31.9 Å². The molecule has 3 heterocycles. The maximum atomic E-state index is 12.3. The first kappa shape index (κ1) is 14.3. The van der Waals surface area contributed by atoms with Crippen LogP contribution in [0.3, 0.4) is 0 Å². The third-order valence-corrected chi connectivity index (χ3v) is 4.76. The van der Waals surface area contributed by atoms with Gasteiger partial charge in [0.2, 0.25) is 0 Å². The molecule has 2 aromatic heterocycles. The second-order valence-electron chi connectivity index (χ2n) is 5.45. The van der Waals surface area contributed by atoms with Gasteiger partial charge in [-0.25, -0.2) is 4.98 Å². The quantitative estimate of drug-likeness (QED) is 0.947. The van der Waals surface area contributed by atoms with E-state index in [4.69, 9.17) is 4.74 Å². The molecule has 1 saturated heterocycles. The molecule has 0 saturated carbocycles. The molecule has 1 amide bonds. The van der Waals surface area contributed by atoms with E-state index in [0.29, 0.717) is 6.61 Å². The fourth-order valence-corrected chi connectivity index (χ4v) is 3.50. The van der Waals surface area contributed by atoms with Crippen molar-refractivity contribution in [1.82, 2.24) is 14.9 Å². The number of aryl methyl sites for hydroxylation is 2. The van der Waals surface area contributed by atoms with Crippen molar-refractivity contribution < 1.29 is 9.53 Å². The molecule has 1 N–H and O–H groups in total. The molecule has 0 aliphatic carbocycles. The van der Waals surface area contributed by atoms with E-state index in [1.807, 2.05) is 35.5 Å². The molecule has 3 rings (SSSR count). The number of thiophene rings is 1. The molecular weight excluding hydrogens is 286 g/mol. The molecule has 1 aliphatic heterocycles. The Hall–Kier alpha value is -1.66. The van der Waals surface area contributed by atoms with Gasteiger partial charge in [0.1, 0.15) is 6.10 Å². The number of nitrogens with zero attached hydrogens (tertiary/aromatic N) is 2. The lowest BCUT2D eigenvalue weighted by Crippen LogP contribution is -2.40. The van der Waals surface area contributed by atoms with Gasteiger partial charge in [0.25, 0.3) is 5.91 Å². The van der Waals surface area contributed by atoms with Crippen LogP contribution < -0.4 is 5.32 Å². The predicted octanol–water partition coefficient (Wildman–Crippen LogP) is 2.44. The minimum atomic E-state index is 0.000113. The van der Waals surface area contributed by atoms with E-state index < -0.39 is 0 Å². The van der Waals surface area contributed by atoms with Crippen molar-refractivity contribution in [3.05, 3.63) is 40.1 Å². The summed E-state index contributed by atoms with van der Waals surface area (Å²) in [6, 6.07) is 0.144. The predicted molar refractivity (Wildman–Crippen MR) is 81.4 cm³/mol. The number of amides is 1. The van der Waals surface area contributed by atoms with Crippen LogP contribution in [-0.4, -0.2) is 28.1 Å². The van der Waals surface area contributed by atoms with Gasteiger partial charge in [-0.15, -0.1) is 0 Å². The van der Waals surface area contributed by atoms with Crippen LogP contribution >= 0.6 is 11.3 Å². The number of aromatic nitrogens is 2. The third-order valence-electron chi connectivity index (χ3n) is 3.90. The zero-order chi connectivity index (χ0) is 14.8. The number of hydrogen-bond donors (Lipinski definition) is 1. The van der Waals surface area contributed by atoms with Gasteiger partial charge in [-0.3, -0.25) is 4.79 Å².